The van der Waals surface area contributed by atoms with Crippen LogP contribution in [0, 0.1) is 21.4 Å². The van der Waals surface area contributed by atoms with E-state index in [1.54, 1.807) is 6.07 Å². The lowest BCUT2D eigenvalue weighted by molar-refractivity contribution is -0.385. The molecule has 2 N–H and O–H groups in total. The van der Waals surface area contributed by atoms with E-state index in [0.29, 0.717) is 5.69 Å². The summed E-state index contributed by atoms with van der Waals surface area (Å²) in [6, 6.07) is 5.80. The van der Waals surface area contributed by atoms with Crippen LogP contribution in [0.3, 0.4) is 0 Å². The summed E-state index contributed by atoms with van der Waals surface area (Å²) in [7, 11) is 1.49. The van der Waals surface area contributed by atoms with Crippen molar-refractivity contribution in [1.82, 2.24) is 5.32 Å². The van der Waals surface area contributed by atoms with Crippen molar-refractivity contribution in [3.05, 3.63) is 33.9 Å². The quantitative estimate of drug-likeness (QED) is 0.586. The second-order valence-corrected chi connectivity index (χ2v) is 3.13. The van der Waals surface area contributed by atoms with Crippen LogP contribution < -0.4 is 10.6 Å². The lowest BCUT2D eigenvalue weighted by Gasteiger charge is -2.05. The molecule has 0 aliphatic rings. The average molecular weight is 234 g/mol. The van der Waals surface area contributed by atoms with Gasteiger partial charge in [0.2, 0.25) is 5.91 Å². The number of nitrogens with one attached hydrogen (secondary N) is 2. The molecule has 0 aliphatic carbocycles. The molecule has 17 heavy (non-hydrogen) atoms. The molecule has 88 valence electrons. The maximum Gasteiger partial charge on any atom is 0.289 e. The summed E-state index contributed by atoms with van der Waals surface area (Å²) in [5.74, 6) is -0.239. The Morgan fingerprint density at radius 2 is 2.29 bits per heavy atom. The predicted molar refractivity (Wildman–Crippen MR) is 60.4 cm³/mol. The van der Waals surface area contributed by atoms with Gasteiger partial charge in [-0.2, -0.15) is 5.26 Å². The number of nitriles is 1. The highest BCUT2D eigenvalue weighted by molar-refractivity contribution is 5.80. The van der Waals surface area contributed by atoms with Crippen molar-refractivity contribution in [2.75, 3.05) is 18.9 Å². The van der Waals surface area contributed by atoms with E-state index in [1.165, 1.54) is 25.2 Å². The molecule has 1 amide bonds. The molecule has 0 saturated carbocycles. The third-order valence-corrected chi connectivity index (χ3v) is 2.05. The van der Waals surface area contributed by atoms with Crippen LogP contribution in [0.2, 0.25) is 0 Å². The Balaban J connectivity index is 2.90. The molecule has 0 heterocycles. The van der Waals surface area contributed by atoms with Gasteiger partial charge in [-0.25, -0.2) is 0 Å². The van der Waals surface area contributed by atoms with Crippen LogP contribution in [0.15, 0.2) is 18.2 Å². The van der Waals surface area contributed by atoms with Gasteiger partial charge in [-0.15, -0.1) is 0 Å². The number of nitro groups is 1. The van der Waals surface area contributed by atoms with Crippen LogP contribution in [0.1, 0.15) is 5.56 Å². The summed E-state index contributed by atoms with van der Waals surface area (Å²) in [5, 5.41) is 24.5. The first kappa shape index (κ1) is 12.4. The molecule has 0 unspecified atom stereocenters. The number of nitrogens with zero attached hydrogens (tertiary/aromatic N) is 2. The number of carbonyl (C=O) groups excluding carboxylic acids is 1. The normalized spacial score (nSPS) is 9.18. The van der Waals surface area contributed by atoms with Gasteiger partial charge in [-0.3, -0.25) is 14.9 Å². The van der Waals surface area contributed by atoms with Crippen LogP contribution in [-0.4, -0.2) is 24.4 Å². The number of amides is 1. The molecule has 0 radical (unpaired) electrons. The van der Waals surface area contributed by atoms with Crippen LogP contribution in [-0.2, 0) is 4.79 Å². The van der Waals surface area contributed by atoms with Crippen molar-refractivity contribution in [3.8, 4) is 6.07 Å². The Kier molecular flexibility index (Phi) is 4.00. The lowest BCUT2D eigenvalue weighted by atomic mass is 10.2. The highest BCUT2D eigenvalue weighted by Crippen LogP contribution is 2.22. The minimum Gasteiger partial charge on any atom is -0.376 e. The van der Waals surface area contributed by atoms with Crippen molar-refractivity contribution in [2.24, 2.45) is 0 Å². The van der Waals surface area contributed by atoms with Crippen LogP contribution in [0.5, 0.6) is 0 Å². The van der Waals surface area contributed by atoms with Crippen molar-refractivity contribution in [2.45, 2.75) is 0 Å². The Hall–Kier alpha value is -2.62. The Labute approximate surface area is 97.2 Å². The smallest absolute Gasteiger partial charge is 0.289 e. The molecule has 0 aliphatic heterocycles. The lowest BCUT2D eigenvalue weighted by Crippen LogP contribution is -2.26. The molecule has 0 aromatic heterocycles. The van der Waals surface area contributed by atoms with Gasteiger partial charge < -0.3 is 10.6 Å². The Morgan fingerprint density at radius 1 is 1.59 bits per heavy atom. The van der Waals surface area contributed by atoms with Gasteiger partial charge in [0.1, 0.15) is 11.6 Å². The van der Waals surface area contributed by atoms with E-state index < -0.39 is 4.92 Å². The number of hydrogen-bond acceptors (Lipinski definition) is 5. The number of benzene rings is 1. The number of nitro benzene ring substituents is 1. The first-order valence-electron chi connectivity index (χ1n) is 4.71. The van der Waals surface area contributed by atoms with E-state index in [9.17, 15) is 14.9 Å². The molecular formula is C10H10N4O3. The fourth-order valence-electron chi connectivity index (χ4n) is 1.16. The zero-order chi connectivity index (χ0) is 12.8. The van der Waals surface area contributed by atoms with Gasteiger partial charge in [0, 0.05) is 18.8 Å². The fourth-order valence-corrected chi connectivity index (χ4v) is 1.16. The summed E-state index contributed by atoms with van der Waals surface area (Å²) in [6.45, 7) is 0.0134. The van der Waals surface area contributed by atoms with Gasteiger partial charge in [0.25, 0.3) is 5.69 Å². The summed E-state index contributed by atoms with van der Waals surface area (Å²) in [5.41, 5.74) is 0.120. The first-order chi connectivity index (χ1) is 8.08. The summed E-state index contributed by atoms with van der Waals surface area (Å²) in [6.07, 6.45) is 0. The molecule has 1 rings (SSSR count). The van der Waals surface area contributed by atoms with E-state index >= 15 is 0 Å². The second kappa shape index (κ2) is 5.46. The van der Waals surface area contributed by atoms with E-state index in [2.05, 4.69) is 10.6 Å². The molecule has 1 aromatic rings. The van der Waals surface area contributed by atoms with Crippen molar-refractivity contribution in [3.63, 3.8) is 0 Å². The molecule has 0 fully saturated rings. The maximum absolute atomic E-state index is 11.0. The summed E-state index contributed by atoms with van der Waals surface area (Å²) < 4.78 is 0. The number of hydrogen-bond donors (Lipinski definition) is 2. The van der Waals surface area contributed by atoms with E-state index in [4.69, 9.17) is 5.26 Å². The zero-order valence-electron chi connectivity index (χ0n) is 9.06. The largest absolute Gasteiger partial charge is 0.376 e. The average Bonchev–Trinajstić information content (AvgIpc) is 2.35. The minimum absolute atomic E-state index is 0.0134. The molecule has 0 bridgehead atoms. The van der Waals surface area contributed by atoms with Gasteiger partial charge in [-0.1, -0.05) is 0 Å². The first-order valence-corrected chi connectivity index (χ1v) is 4.71. The standard InChI is InChI=1S/C10H10N4O3/c1-12-10(15)6-13-8-3-2-7(5-11)9(4-8)14(16)17/h2-4,13H,6H2,1H3,(H,12,15). The second-order valence-electron chi connectivity index (χ2n) is 3.13. The molecule has 0 atom stereocenters. The Morgan fingerprint density at radius 3 is 2.82 bits per heavy atom. The van der Waals surface area contributed by atoms with E-state index in [-0.39, 0.29) is 23.7 Å². The molecule has 7 heteroatoms. The van der Waals surface area contributed by atoms with E-state index in [1.807, 2.05) is 0 Å². The third-order valence-electron chi connectivity index (χ3n) is 2.05. The predicted octanol–water partition coefficient (Wildman–Crippen LogP) is 0.624. The SMILES string of the molecule is CNC(=O)CNc1ccc(C#N)c([N+](=O)[O-])c1. The Bertz CT molecular complexity index is 493. The van der Waals surface area contributed by atoms with E-state index in [0.717, 1.165) is 0 Å². The van der Waals surface area contributed by atoms with Crippen molar-refractivity contribution in [1.29, 1.82) is 5.26 Å². The molecule has 7 nitrogen and oxygen atoms in total. The van der Waals surface area contributed by atoms with Crippen molar-refractivity contribution < 1.29 is 9.72 Å². The monoisotopic (exact) mass is 234 g/mol. The number of rotatable bonds is 4. The minimum atomic E-state index is -0.635. The third kappa shape index (κ3) is 3.17. The van der Waals surface area contributed by atoms with Gasteiger partial charge in [-0.05, 0) is 12.1 Å². The number of carbonyl (C=O) groups is 1. The molecular weight excluding hydrogens is 224 g/mol. The highest BCUT2D eigenvalue weighted by atomic mass is 16.6. The van der Waals surface area contributed by atoms with Crippen molar-refractivity contribution >= 4 is 17.3 Å². The summed E-state index contributed by atoms with van der Waals surface area (Å²) in [4.78, 5) is 21.0. The topological polar surface area (TPSA) is 108 Å². The highest BCUT2D eigenvalue weighted by Gasteiger charge is 2.14. The van der Waals surface area contributed by atoms with Gasteiger partial charge in [0.05, 0.1) is 11.5 Å². The maximum atomic E-state index is 11.0. The fraction of sp³-hybridized carbons (Fsp3) is 0.200. The molecule has 0 saturated heterocycles. The number of likely N-dealkylation sites (N-methyl/N-ethyl adjacent to an activating group) is 1. The molecule has 1 aromatic carbocycles. The van der Waals surface area contributed by atoms with Crippen LogP contribution in [0.4, 0.5) is 11.4 Å². The summed E-state index contributed by atoms with van der Waals surface area (Å²) >= 11 is 0. The zero-order valence-corrected chi connectivity index (χ0v) is 9.06. The van der Waals surface area contributed by atoms with Gasteiger partial charge >= 0.3 is 0 Å². The molecule has 0 spiro atoms. The van der Waals surface area contributed by atoms with Crippen LogP contribution in [0.25, 0.3) is 0 Å². The number of anilines is 1. The van der Waals surface area contributed by atoms with Gasteiger partial charge in [0.15, 0.2) is 0 Å². The van der Waals surface area contributed by atoms with Crippen LogP contribution >= 0.6 is 0 Å².